The predicted octanol–water partition coefficient (Wildman–Crippen LogP) is 1.23. The first-order valence-corrected chi connectivity index (χ1v) is 7.76. The number of nitrogens with two attached hydrogens (primary N) is 1. The number of nitrogens with one attached hydrogen (secondary N) is 1. The Balaban J connectivity index is 2.33. The Kier molecular flexibility index (Phi) is 4.11. The molecule has 0 saturated heterocycles. The third kappa shape index (κ3) is 3.25. The van der Waals surface area contributed by atoms with E-state index >= 15 is 0 Å². The lowest BCUT2D eigenvalue weighted by molar-refractivity contribution is 0.519. The van der Waals surface area contributed by atoms with E-state index in [4.69, 9.17) is 22.6 Å². The highest BCUT2D eigenvalue weighted by Crippen LogP contribution is 2.33. The molecular formula is C12H14ClN3O2S. The van der Waals surface area contributed by atoms with Gasteiger partial charge >= 0.3 is 0 Å². The zero-order valence-corrected chi connectivity index (χ0v) is 11.7. The van der Waals surface area contributed by atoms with E-state index in [1.54, 1.807) is 0 Å². The molecule has 0 aliphatic heterocycles. The molecule has 0 amide bonds. The summed E-state index contributed by atoms with van der Waals surface area (Å²) in [6.45, 7) is 0.242. The minimum Gasteiger partial charge on any atom is -0.329 e. The molecule has 1 aromatic rings. The van der Waals surface area contributed by atoms with Crippen LogP contribution in [-0.4, -0.2) is 21.0 Å². The van der Waals surface area contributed by atoms with Gasteiger partial charge in [0, 0.05) is 17.6 Å². The Labute approximate surface area is 117 Å². The van der Waals surface area contributed by atoms with Gasteiger partial charge in [-0.25, -0.2) is 13.1 Å². The highest BCUT2D eigenvalue weighted by atomic mass is 35.5. The molecule has 0 spiro atoms. The maximum Gasteiger partial charge on any atom is 0.242 e. The van der Waals surface area contributed by atoms with Crippen molar-refractivity contribution in [2.75, 3.05) is 6.54 Å². The van der Waals surface area contributed by atoms with Crippen LogP contribution in [0.25, 0.3) is 0 Å². The minimum atomic E-state index is -3.78. The van der Waals surface area contributed by atoms with Crippen LogP contribution in [0.2, 0.25) is 5.02 Å². The lowest BCUT2D eigenvalue weighted by Crippen LogP contribution is -2.41. The number of rotatable bonds is 5. The van der Waals surface area contributed by atoms with E-state index in [1.807, 2.05) is 6.07 Å². The van der Waals surface area contributed by atoms with Crippen molar-refractivity contribution in [1.29, 1.82) is 5.26 Å². The fraction of sp³-hybridized carbons (Fsp3) is 0.417. The number of hydrogen-bond acceptors (Lipinski definition) is 4. The van der Waals surface area contributed by atoms with Crippen molar-refractivity contribution in [3.05, 3.63) is 28.8 Å². The summed E-state index contributed by atoms with van der Waals surface area (Å²) in [4.78, 5) is -0.0957. The largest absolute Gasteiger partial charge is 0.329 e. The van der Waals surface area contributed by atoms with Gasteiger partial charge in [-0.3, -0.25) is 0 Å². The molecule has 1 unspecified atom stereocenters. The van der Waals surface area contributed by atoms with E-state index in [2.05, 4.69) is 4.72 Å². The predicted molar refractivity (Wildman–Crippen MR) is 72.1 cm³/mol. The van der Waals surface area contributed by atoms with Crippen molar-refractivity contribution >= 4 is 21.6 Å². The molecule has 1 aromatic carbocycles. The number of hydrogen-bond donors (Lipinski definition) is 2. The summed E-state index contributed by atoms with van der Waals surface area (Å²) in [6.07, 6.45) is 1.95. The van der Waals surface area contributed by atoms with Crippen LogP contribution in [0.1, 0.15) is 18.4 Å². The Morgan fingerprint density at radius 3 is 2.74 bits per heavy atom. The molecule has 0 aromatic heterocycles. The van der Waals surface area contributed by atoms with Crippen LogP contribution < -0.4 is 10.5 Å². The summed E-state index contributed by atoms with van der Waals surface area (Å²) >= 11 is 5.80. The number of nitrogens with zero attached hydrogens (tertiary/aromatic N) is 1. The molecule has 5 nitrogen and oxygen atoms in total. The van der Waals surface area contributed by atoms with E-state index in [-0.39, 0.29) is 28.1 Å². The normalized spacial score (nSPS) is 16.9. The molecule has 7 heteroatoms. The van der Waals surface area contributed by atoms with Crippen LogP contribution in [0.15, 0.2) is 23.1 Å². The quantitative estimate of drug-likeness (QED) is 0.854. The molecule has 1 atom stereocenters. The molecular weight excluding hydrogens is 286 g/mol. The van der Waals surface area contributed by atoms with Gasteiger partial charge in [0.25, 0.3) is 0 Å². The second kappa shape index (κ2) is 5.47. The van der Waals surface area contributed by atoms with Gasteiger partial charge in [0.2, 0.25) is 10.0 Å². The van der Waals surface area contributed by atoms with Crippen LogP contribution in [-0.2, 0) is 10.0 Å². The van der Waals surface area contributed by atoms with Gasteiger partial charge in [-0.1, -0.05) is 11.6 Å². The van der Waals surface area contributed by atoms with Gasteiger partial charge in [0.05, 0.1) is 5.56 Å². The summed E-state index contributed by atoms with van der Waals surface area (Å²) in [6, 6.07) is 5.74. The van der Waals surface area contributed by atoms with Crippen LogP contribution >= 0.6 is 11.6 Å². The molecule has 1 saturated carbocycles. The second-order valence-electron chi connectivity index (χ2n) is 4.55. The summed E-state index contributed by atoms with van der Waals surface area (Å²) in [5.41, 5.74) is 5.65. The van der Waals surface area contributed by atoms with E-state index in [9.17, 15) is 8.42 Å². The van der Waals surface area contributed by atoms with Crippen molar-refractivity contribution < 1.29 is 8.42 Å². The molecule has 0 bridgehead atoms. The van der Waals surface area contributed by atoms with Crippen LogP contribution in [0.4, 0.5) is 0 Å². The van der Waals surface area contributed by atoms with Gasteiger partial charge in [0.15, 0.2) is 0 Å². The minimum absolute atomic E-state index is 0.0727. The topological polar surface area (TPSA) is 96.0 Å². The van der Waals surface area contributed by atoms with Crippen molar-refractivity contribution in [3.63, 3.8) is 0 Å². The first-order valence-electron chi connectivity index (χ1n) is 5.90. The van der Waals surface area contributed by atoms with Crippen molar-refractivity contribution in [2.24, 2.45) is 11.7 Å². The van der Waals surface area contributed by atoms with Gasteiger partial charge in [-0.15, -0.1) is 0 Å². The number of halogens is 1. The zero-order valence-electron chi connectivity index (χ0n) is 10.1. The van der Waals surface area contributed by atoms with Crippen LogP contribution in [0, 0.1) is 17.2 Å². The SMILES string of the molecule is N#Cc1ccc(Cl)cc1S(=O)(=O)NC(CN)C1CC1. The Morgan fingerprint density at radius 2 is 2.21 bits per heavy atom. The van der Waals surface area contributed by atoms with Crippen molar-refractivity contribution in [3.8, 4) is 6.07 Å². The first kappa shape index (κ1) is 14.3. The van der Waals surface area contributed by atoms with Gasteiger partial charge in [-0.05, 0) is 37.0 Å². The van der Waals surface area contributed by atoms with E-state index < -0.39 is 10.0 Å². The maximum absolute atomic E-state index is 12.3. The summed E-state index contributed by atoms with van der Waals surface area (Å²) < 4.78 is 27.1. The molecule has 1 aliphatic carbocycles. The summed E-state index contributed by atoms with van der Waals surface area (Å²) in [5, 5.41) is 9.25. The lowest BCUT2D eigenvalue weighted by Gasteiger charge is -2.16. The number of nitriles is 1. The second-order valence-corrected chi connectivity index (χ2v) is 6.67. The third-order valence-electron chi connectivity index (χ3n) is 3.11. The first-order chi connectivity index (χ1) is 8.97. The van der Waals surface area contributed by atoms with Gasteiger partial charge in [-0.2, -0.15) is 5.26 Å². The van der Waals surface area contributed by atoms with Crippen molar-refractivity contribution in [1.82, 2.24) is 4.72 Å². The molecule has 19 heavy (non-hydrogen) atoms. The van der Waals surface area contributed by atoms with E-state index in [0.717, 1.165) is 12.8 Å². The van der Waals surface area contributed by atoms with Crippen molar-refractivity contribution in [2.45, 2.75) is 23.8 Å². The molecule has 0 heterocycles. The average molecular weight is 300 g/mol. The zero-order chi connectivity index (χ0) is 14.0. The molecule has 2 rings (SSSR count). The summed E-state index contributed by atoms with van der Waals surface area (Å²) in [5.74, 6) is 0.296. The third-order valence-corrected chi connectivity index (χ3v) is 4.87. The Bertz CT molecular complexity index is 620. The number of sulfonamides is 1. The molecule has 1 aliphatic rings. The fourth-order valence-electron chi connectivity index (χ4n) is 1.91. The van der Waals surface area contributed by atoms with Gasteiger partial charge < -0.3 is 5.73 Å². The Hall–Kier alpha value is -1.13. The fourth-order valence-corrected chi connectivity index (χ4v) is 3.65. The Morgan fingerprint density at radius 1 is 1.53 bits per heavy atom. The maximum atomic E-state index is 12.3. The average Bonchev–Trinajstić information content (AvgIpc) is 3.20. The highest BCUT2D eigenvalue weighted by molar-refractivity contribution is 7.89. The smallest absolute Gasteiger partial charge is 0.242 e. The molecule has 102 valence electrons. The van der Waals surface area contributed by atoms with E-state index in [0.29, 0.717) is 5.92 Å². The lowest BCUT2D eigenvalue weighted by atomic mass is 10.2. The molecule has 1 fully saturated rings. The number of benzene rings is 1. The monoisotopic (exact) mass is 299 g/mol. The van der Waals surface area contributed by atoms with Crippen LogP contribution in [0.5, 0.6) is 0 Å². The molecule has 0 radical (unpaired) electrons. The molecule has 3 N–H and O–H groups in total. The van der Waals surface area contributed by atoms with E-state index in [1.165, 1.54) is 18.2 Å². The highest BCUT2D eigenvalue weighted by Gasteiger charge is 2.34. The van der Waals surface area contributed by atoms with Crippen LogP contribution in [0.3, 0.4) is 0 Å². The summed E-state index contributed by atoms with van der Waals surface area (Å²) in [7, 11) is -3.78. The van der Waals surface area contributed by atoms with Gasteiger partial charge in [0.1, 0.15) is 11.0 Å². The standard InChI is InChI=1S/C12H14ClN3O2S/c13-10-4-3-9(6-14)12(5-10)19(17,18)16-11(7-15)8-1-2-8/h3-5,8,11,16H,1-2,7,15H2.